The molecule has 0 spiro atoms. The summed E-state index contributed by atoms with van der Waals surface area (Å²) < 4.78 is 11.1. The van der Waals surface area contributed by atoms with Gasteiger partial charge in [0.05, 0.1) is 25.5 Å². The predicted octanol–water partition coefficient (Wildman–Crippen LogP) is 3.02. The number of thiazole rings is 1. The van der Waals surface area contributed by atoms with Crippen molar-refractivity contribution in [3.63, 3.8) is 0 Å². The van der Waals surface area contributed by atoms with Crippen molar-refractivity contribution in [3.05, 3.63) is 65.6 Å². The molecule has 1 aromatic carbocycles. The number of amides is 2. The van der Waals surface area contributed by atoms with Crippen LogP contribution in [0.3, 0.4) is 0 Å². The number of fused-ring (bicyclic) bond motifs is 3. The molecule has 0 radical (unpaired) electrons. The first-order valence-corrected chi connectivity index (χ1v) is 10.8. The van der Waals surface area contributed by atoms with Crippen molar-refractivity contribution in [1.82, 2.24) is 14.8 Å². The Labute approximate surface area is 177 Å². The van der Waals surface area contributed by atoms with Gasteiger partial charge in [0.1, 0.15) is 10.7 Å². The Kier molecular flexibility index (Phi) is 5.10. The molecular weight excluding hydrogens is 402 g/mol. The summed E-state index contributed by atoms with van der Waals surface area (Å²) in [6, 6.07) is 13.0. The monoisotopic (exact) mass is 423 g/mol. The lowest BCUT2D eigenvalue weighted by Gasteiger charge is -2.30. The smallest absolute Gasteiger partial charge is 0.289 e. The van der Waals surface area contributed by atoms with E-state index in [1.165, 1.54) is 17.6 Å². The van der Waals surface area contributed by atoms with Crippen LogP contribution in [0, 0.1) is 5.92 Å². The largest absolute Gasteiger partial charge is 0.459 e. The van der Waals surface area contributed by atoms with Gasteiger partial charge < -0.3 is 19.0 Å². The molecule has 2 atom stereocenters. The first kappa shape index (κ1) is 19.0. The van der Waals surface area contributed by atoms with Crippen LogP contribution in [0.4, 0.5) is 0 Å². The van der Waals surface area contributed by atoms with E-state index in [1.807, 2.05) is 40.6 Å². The zero-order valence-electron chi connectivity index (χ0n) is 16.3. The van der Waals surface area contributed by atoms with E-state index in [4.69, 9.17) is 9.15 Å². The number of rotatable bonds is 3. The number of ether oxygens (including phenoxy) is 1. The van der Waals surface area contributed by atoms with Gasteiger partial charge in [-0.05, 0) is 12.1 Å². The zero-order valence-corrected chi connectivity index (χ0v) is 17.1. The van der Waals surface area contributed by atoms with E-state index in [0.717, 1.165) is 10.6 Å². The molecule has 2 aliphatic rings. The number of nitrogens with zero attached hydrogens (tertiary/aromatic N) is 3. The topological polar surface area (TPSA) is 75.9 Å². The summed E-state index contributed by atoms with van der Waals surface area (Å²) in [7, 11) is 0. The highest BCUT2D eigenvalue weighted by Gasteiger charge is 2.38. The van der Waals surface area contributed by atoms with Crippen LogP contribution < -0.4 is 0 Å². The molecule has 154 valence electrons. The summed E-state index contributed by atoms with van der Waals surface area (Å²) in [6.45, 7) is 2.42. The maximum atomic E-state index is 13.3. The minimum absolute atomic E-state index is 0.0487. The van der Waals surface area contributed by atoms with E-state index in [0.29, 0.717) is 44.3 Å². The molecule has 2 saturated heterocycles. The predicted molar refractivity (Wildman–Crippen MR) is 111 cm³/mol. The van der Waals surface area contributed by atoms with Crippen molar-refractivity contribution < 1.29 is 18.7 Å². The second-order valence-corrected chi connectivity index (χ2v) is 8.46. The van der Waals surface area contributed by atoms with Crippen LogP contribution in [0.2, 0.25) is 0 Å². The maximum Gasteiger partial charge on any atom is 0.289 e. The zero-order chi connectivity index (χ0) is 20.5. The van der Waals surface area contributed by atoms with Crippen molar-refractivity contribution in [2.24, 2.45) is 5.92 Å². The average Bonchev–Trinajstić information content (AvgIpc) is 3.39. The maximum absolute atomic E-state index is 13.3. The summed E-state index contributed by atoms with van der Waals surface area (Å²) >= 11 is 1.46. The molecular formula is C22H21N3O4S. The van der Waals surface area contributed by atoms with E-state index >= 15 is 0 Å². The Morgan fingerprint density at radius 1 is 1.00 bits per heavy atom. The van der Waals surface area contributed by atoms with Gasteiger partial charge in [-0.1, -0.05) is 30.3 Å². The average molecular weight is 423 g/mol. The van der Waals surface area contributed by atoms with E-state index in [2.05, 4.69) is 4.98 Å². The molecule has 2 bridgehead atoms. The third kappa shape index (κ3) is 3.64. The van der Waals surface area contributed by atoms with E-state index < -0.39 is 0 Å². The van der Waals surface area contributed by atoms with Crippen molar-refractivity contribution in [2.45, 2.75) is 6.04 Å². The molecule has 8 heteroatoms. The minimum Gasteiger partial charge on any atom is -0.459 e. The Bertz CT molecular complexity index is 1030. The Morgan fingerprint density at radius 3 is 2.67 bits per heavy atom. The molecule has 0 aliphatic carbocycles. The highest BCUT2D eigenvalue weighted by molar-refractivity contribution is 7.13. The second-order valence-electron chi connectivity index (χ2n) is 7.61. The van der Waals surface area contributed by atoms with Gasteiger partial charge in [0.15, 0.2) is 5.76 Å². The van der Waals surface area contributed by atoms with Crippen LogP contribution in [-0.4, -0.2) is 65.5 Å². The lowest BCUT2D eigenvalue weighted by atomic mass is 10.1. The highest BCUT2D eigenvalue weighted by atomic mass is 32.1. The normalized spacial score (nSPS) is 21.3. The van der Waals surface area contributed by atoms with Crippen LogP contribution in [0.1, 0.15) is 21.0 Å². The van der Waals surface area contributed by atoms with Crippen LogP contribution in [-0.2, 0) is 4.74 Å². The second kappa shape index (κ2) is 8.04. The highest BCUT2D eigenvalue weighted by Crippen LogP contribution is 2.27. The summed E-state index contributed by atoms with van der Waals surface area (Å²) in [5, 5.41) is 2.63. The molecule has 0 unspecified atom stereocenters. The minimum atomic E-state index is -0.217. The standard InChI is InChI=1S/C22H21N3O4S/c26-21(18-14-30-20(23-18)16-5-2-1-3-6-16)25-10-15-9-24(11-17(25)13-28-12-15)22(27)19-7-4-8-29-19/h1-8,14-15,17H,9-13H2/t15-,17-/m0/s1. The molecule has 5 rings (SSSR count). The Hall–Kier alpha value is -2.97. The van der Waals surface area contributed by atoms with Gasteiger partial charge in [0.25, 0.3) is 11.8 Å². The van der Waals surface area contributed by atoms with Gasteiger partial charge in [-0.2, -0.15) is 0 Å². The third-order valence-electron chi connectivity index (χ3n) is 5.49. The molecule has 0 N–H and O–H groups in total. The molecule has 2 aromatic heterocycles. The fourth-order valence-electron chi connectivity index (χ4n) is 4.05. The summed E-state index contributed by atoms with van der Waals surface area (Å²) in [6.07, 6.45) is 1.50. The first-order valence-electron chi connectivity index (χ1n) is 9.91. The quantitative estimate of drug-likeness (QED) is 0.647. The van der Waals surface area contributed by atoms with Crippen molar-refractivity contribution in [1.29, 1.82) is 0 Å². The third-order valence-corrected chi connectivity index (χ3v) is 6.38. The lowest BCUT2D eigenvalue weighted by molar-refractivity contribution is 0.0366. The number of aromatic nitrogens is 1. The Morgan fingerprint density at radius 2 is 1.87 bits per heavy atom. The van der Waals surface area contributed by atoms with Gasteiger partial charge in [-0.15, -0.1) is 11.3 Å². The van der Waals surface area contributed by atoms with Gasteiger partial charge in [-0.25, -0.2) is 4.98 Å². The van der Waals surface area contributed by atoms with Crippen LogP contribution in [0.5, 0.6) is 0 Å². The summed E-state index contributed by atoms with van der Waals surface area (Å²) in [5.41, 5.74) is 1.44. The summed E-state index contributed by atoms with van der Waals surface area (Å²) in [5.74, 6) is 0.112. The van der Waals surface area contributed by atoms with E-state index in [1.54, 1.807) is 17.0 Å². The summed E-state index contributed by atoms with van der Waals surface area (Å²) in [4.78, 5) is 34.4. The van der Waals surface area contributed by atoms with Crippen molar-refractivity contribution in [3.8, 4) is 10.6 Å². The fraction of sp³-hybridized carbons (Fsp3) is 0.318. The SMILES string of the molecule is O=C(c1ccco1)N1C[C@@H]2COC[C@H](C1)N(C(=O)c1csc(-c3ccccc3)n1)C2. The Balaban J connectivity index is 1.38. The number of carbonyl (C=O) groups excluding carboxylic acids is 2. The number of carbonyl (C=O) groups is 2. The molecule has 4 heterocycles. The van der Waals surface area contributed by atoms with Crippen LogP contribution >= 0.6 is 11.3 Å². The molecule has 2 amide bonds. The molecule has 3 aromatic rings. The van der Waals surface area contributed by atoms with Crippen molar-refractivity contribution in [2.75, 3.05) is 32.8 Å². The van der Waals surface area contributed by atoms with Gasteiger partial charge in [0, 0.05) is 36.5 Å². The number of hydrogen-bond acceptors (Lipinski definition) is 6. The van der Waals surface area contributed by atoms with Crippen LogP contribution in [0.25, 0.3) is 10.6 Å². The van der Waals surface area contributed by atoms with Crippen LogP contribution in [0.15, 0.2) is 58.5 Å². The molecule has 0 saturated carbocycles. The van der Waals surface area contributed by atoms with E-state index in [9.17, 15) is 9.59 Å². The lowest BCUT2D eigenvalue weighted by Crippen LogP contribution is -2.47. The molecule has 2 fully saturated rings. The van der Waals surface area contributed by atoms with Gasteiger partial charge in [-0.3, -0.25) is 9.59 Å². The van der Waals surface area contributed by atoms with Crippen molar-refractivity contribution >= 4 is 23.2 Å². The molecule has 30 heavy (non-hydrogen) atoms. The number of benzene rings is 1. The molecule has 2 aliphatic heterocycles. The number of hydrogen-bond donors (Lipinski definition) is 0. The van der Waals surface area contributed by atoms with E-state index in [-0.39, 0.29) is 23.8 Å². The molecule has 7 nitrogen and oxygen atoms in total. The fourth-order valence-corrected chi connectivity index (χ4v) is 4.85. The number of furan rings is 1. The van der Waals surface area contributed by atoms with Gasteiger partial charge in [0.2, 0.25) is 0 Å². The first-order chi connectivity index (χ1) is 14.7. The van der Waals surface area contributed by atoms with Gasteiger partial charge >= 0.3 is 0 Å².